The van der Waals surface area contributed by atoms with Gasteiger partial charge in [0.1, 0.15) is 0 Å². The summed E-state index contributed by atoms with van der Waals surface area (Å²) < 4.78 is 36.5. The summed E-state index contributed by atoms with van der Waals surface area (Å²) in [5, 5.41) is 16.9. The van der Waals surface area contributed by atoms with E-state index in [4.69, 9.17) is 9.84 Å². The van der Waals surface area contributed by atoms with Gasteiger partial charge in [0.15, 0.2) is 5.69 Å². The summed E-state index contributed by atoms with van der Waals surface area (Å²) in [6.45, 7) is 3.70. The van der Waals surface area contributed by atoms with Crippen LogP contribution in [0.3, 0.4) is 0 Å². The van der Waals surface area contributed by atoms with Crippen LogP contribution in [-0.4, -0.2) is 65.2 Å². The highest BCUT2D eigenvalue weighted by molar-refractivity contribution is 7.90. The lowest BCUT2D eigenvalue weighted by Gasteiger charge is -2.36. The van der Waals surface area contributed by atoms with Gasteiger partial charge >= 0.3 is 5.97 Å². The molecule has 7 rings (SSSR count). The molecule has 2 amide bonds. The number of carbonyl (C=O) groups is 3. The molecule has 1 atom stereocenters. The van der Waals surface area contributed by atoms with Gasteiger partial charge in [-0.1, -0.05) is 92.2 Å². The van der Waals surface area contributed by atoms with E-state index in [2.05, 4.69) is 4.72 Å². The zero-order chi connectivity index (χ0) is 39.4. The van der Waals surface area contributed by atoms with Gasteiger partial charge in [-0.15, -0.1) is 0 Å². The molecule has 0 saturated heterocycles. The standard InChI is InChI=1S/C44H42N4O7S/c1-3-5-19-39-40(41(44(52)55-4-2)45-48(39)34-17-7-6-8-18-34)37-23-21-32(42(50)46-56(53,54)36-22-20-29-13-9-10-15-31(29)25-36)26-38(37)43(51)47-27-33-16-12-11-14-30(33)24-35(47)28-49/h6-18,20-23,25-26,35,49H,3-5,19,24,27-28H2,1-2H3,(H,46,50). The van der Waals surface area contributed by atoms with Crippen molar-refractivity contribution in [2.45, 2.75) is 57.0 Å². The normalized spacial score (nSPS) is 14.0. The minimum absolute atomic E-state index is 0.00497. The van der Waals surface area contributed by atoms with Crippen molar-refractivity contribution in [2.75, 3.05) is 13.2 Å². The third-order valence-electron chi connectivity index (χ3n) is 10.1. The summed E-state index contributed by atoms with van der Waals surface area (Å²) in [4.78, 5) is 44.1. The van der Waals surface area contributed by atoms with Crippen LogP contribution in [0.1, 0.15) is 74.7 Å². The first kappa shape index (κ1) is 38.2. The molecule has 286 valence electrons. The van der Waals surface area contributed by atoms with Crippen molar-refractivity contribution < 1.29 is 32.6 Å². The maximum Gasteiger partial charge on any atom is 0.359 e. The predicted octanol–water partition coefficient (Wildman–Crippen LogP) is 6.89. The molecule has 1 aliphatic heterocycles. The molecule has 2 heterocycles. The number of amides is 2. The van der Waals surface area contributed by atoms with E-state index < -0.39 is 33.8 Å². The quantitative estimate of drug-likeness (QED) is 0.128. The molecule has 12 heteroatoms. The Kier molecular flexibility index (Phi) is 11.1. The average Bonchev–Trinajstić information content (AvgIpc) is 3.61. The van der Waals surface area contributed by atoms with E-state index >= 15 is 4.79 Å². The number of aliphatic hydroxyl groups excluding tert-OH is 1. The summed E-state index contributed by atoms with van der Waals surface area (Å²) in [6.07, 6.45) is 2.46. The number of esters is 1. The number of unbranched alkanes of at least 4 members (excludes halogenated alkanes) is 1. The largest absolute Gasteiger partial charge is 0.461 e. The van der Waals surface area contributed by atoms with Crippen LogP contribution in [-0.2, 0) is 34.1 Å². The highest BCUT2D eigenvalue weighted by atomic mass is 32.2. The minimum atomic E-state index is -4.33. The lowest BCUT2D eigenvalue weighted by molar-refractivity contribution is 0.0516. The SMILES string of the molecule is CCCCc1c(-c2ccc(C(=O)NS(=O)(=O)c3ccc4ccccc4c3)cc2C(=O)N2Cc3ccccc3CC2CO)c(C(=O)OCC)nn1-c1ccccc1. The number of carbonyl (C=O) groups excluding carboxylic acids is 3. The third kappa shape index (κ3) is 7.58. The Morgan fingerprint density at radius 3 is 2.30 bits per heavy atom. The molecule has 0 radical (unpaired) electrons. The van der Waals surface area contributed by atoms with Crippen molar-refractivity contribution >= 4 is 38.6 Å². The molecular weight excluding hydrogens is 729 g/mol. The number of sulfonamides is 1. The Bertz CT molecular complexity index is 2550. The number of rotatable bonds is 12. The summed E-state index contributed by atoms with van der Waals surface area (Å²) in [6, 6.07) is 32.7. The average molecular weight is 771 g/mol. The van der Waals surface area contributed by atoms with Gasteiger partial charge in [0.2, 0.25) is 0 Å². The molecule has 1 unspecified atom stereocenters. The van der Waals surface area contributed by atoms with E-state index in [0.717, 1.165) is 29.4 Å². The van der Waals surface area contributed by atoms with Gasteiger partial charge in [0.05, 0.1) is 35.5 Å². The smallest absolute Gasteiger partial charge is 0.359 e. The number of aromatic nitrogens is 2. The van der Waals surface area contributed by atoms with Crippen molar-refractivity contribution in [2.24, 2.45) is 0 Å². The Labute approximate surface area is 325 Å². The number of benzene rings is 5. The van der Waals surface area contributed by atoms with Crippen LogP contribution in [0.25, 0.3) is 27.6 Å². The molecule has 11 nitrogen and oxygen atoms in total. The van der Waals surface area contributed by atoms with Gasteiger partial charge in [0, 0.05) is 23.2 Å². The zero-order valence-corrected chi connectivity index (χ0v) is 32.0. The molecule has 56 heavy (non-hydrogen) atoms. The Morgan fingerprint density at radius 1 is 0.857 bits per heavy atom. The lowest BCUT2D eigenvalue weighted by atomic mass is 9.90. The van der Waals surface area contributed by atoms with Gasteiger partial charge in [-0.3, -0.25) is 9.59 Å². The van der Waals surface area contributed by atoms with Gasteiger partial charge in [-0.2, -0.15) is 5.10 Å². The van der Waals surface area contributed by atoms with Crippen LogP contribution in [0.4, 0.5) is 0 Å². The highest BCUT2D eigenvalue weighted by Crippen LogP contribution is 2.36. The molecule has 6 aromatic rings. The van der Waals surface area contributed by atoms with Gasteiger partial charge in [-0.05, 0) is 90.0 Å². The number of nitrogens with zero attached hydrogens (tertiary/aromatic N) is 3. The van der Waals surface area contributed by atoms with Gasteiger partial charge in [-0.25, -0.2) is 22.6 Å². The fourth-order valence-corrected chi connectivity index (χ4v) is 8.24. The maximum absolute atomic E-state index is 15.0. The van der Waals surface area contributed by atoms with E-state index in [1.165, 1.54) is 24.3 Å². The molecule has 0 spiro atoms. The van der Waals surface area contributed by atoms with E-state index in [1.807, 2.05) is 73.7 Å². The Hall–Kier alpha value is -6.11. The second-order valence-corrected chi connectivity index (χ2v) is 15.4. The fraction of sp³-hybridized carbons (Fsp3) is 0.227. The molecule has 0 saturated carbocycles. The molecule has 0 bridgehead atoms. The summed E-state index contributed by atoms with van der Waals surface area (Å²) in [7, 11) is -4.33. The van der Waals surface area contributed by atoms with Crippen LogP contribution >= 0.6 is 0 Å². The topological polar surface area (TPSA) is 148 Å². The van der Waals surface area contributed by atoms with E-state index in [1.54, 1.807) is 40.8 Å². The minimum Gasteiger partial charge on any atom is -0.461 e. The number of hydrogen-bond donors (Lipinski definition) is 2. The van der Waals surface area contributed by atoms with Crippen LogP contribution in [0.2, 0.25) is 0 Å². The van der Waals surface area contributed by atoms with Crippen LogP contribution in [0.15, 0.2) is 120 Å². The third-order valence-corrected chi connectivity index (χ3v) is 11.4. The predicted molar refractivity (Wildman–Crippen MR) is 213 cm³/mol. The number of para-hydroxylation sites is 1. The van der Waals surface area contributed by atoms with Crippen LogP contribution < -0.4 is 4.72 Å². The molecule has 1 aliphatic rings. The van der Waals surface area contributed by atoms with Crippen molar-refractivity contribution in [3.63, 3.8) is 0 Å². The number of nitrogens with one attached hydrogen (secondary N) is 1. The van der Waals surface area contributed by atoms with Crippen molar-refractivity contribution in [3.8, 4) is 16.8 Å². The first-order chi connectivity index (χ1) is 27.1. The number of aliphatic hydroxyl groups is 1. The van der Waals surface area contributed by atoms with E-state index in [9.17, 15) is 23.1 Å². The molecule has 0 aliphatic carbocycles. The fourth-order valence-electron chi connectivity index (χ4n) is 7.23. The number of ether oxygens (including phenoxy) is 1. The van der Waals surface area contributed by atoms with Crippen LogP contribution in [0, 0.1) is 0 Å². The second kappa shape index (κ2) is 16.3. The molecule has 1 aromatic heterocycles. The highest BCUT2D eigenvalue weighted by Gasteiger charge is 2.35. The van der Waals surface area contributed by atoms with Crippen molar-refractivity contribution in [1.29, 1.82) is 0 Å². The lowest BCUT2D eigenvalue weighted by Crippen LogP contribution is -2.46. The summed E-state index contributed by atoms with van der Waals surface area (Å²) in [5.74, 6) is -2.14. The van der Waals surface area contributed by atoms with E-state index in [-0.39, 0.29) is 41.5 Å². The summed E-state index contributed by atoms with van der Waals surface area (Å²) in [5.41, 5.74) is 3.91. The Morgan fingerprint density at radius 2 is 1.57 bits per heavy atom. The van der Waals surface area contributed by atoms with Crippen molar-refractivity contribution in [3.05, 3.63) is 149 Å². The molecule has 5 aromatic carbocycles. The first-order valence-electron chi connectivity index (χ1n) is 18.7. The molecular formula is C44H42N4O7S. The molecule has 2 N–H and O–H groups in total. The number of hydrogen-bond acceptors (Lipinski definition) is 8. The molecule has 0 fully saturated rings. The monoisotopic (exact) mass is 770 g/mol. The Balaban J connectivity index is 1.39. The number of fused-ring (bicyclic) bond motifs is 2. The van der Waals surface area contributed by atoms with Crippen LogP contribution in [0.5, 0.6) is 0 Å². The first-order valence-corrected chi connectivity index (χ1v) is 20.1. The second-order valence-electron chi connectivity index (χ2n) is 13.7. The van der Waals surface area contributed by atoms with Gasteiger partial charge in [0.25, 0.3) is 21.8 Å². The summed E-state index contributed by atoms with van der Waals surface area (Å²) >= 11 is 0. The zero-order valence-electron chi connectivity index (χ0n) is 31.1. The van der Waals surface area contributed by atoms with Crippen molar-refractivity contribution in [1.82, 2.24) is 19.4 Å². The van der Waals surface area contributed by atoms with Gasteiger partial charge < -0.3 is 14.7 Å². The maximum atomic E-state index is 15.0. The van der Waals surface area contributed by atoms with E-state index in [0.29, 0.717) is 40.7 Å².